The Morgan fingerprint density at radius 1 is 1.00 bits per heavy atom. The van der Waals surface area contributed by atoms with E-state index in [0.29, 0.717) is 37.4 Å². The average molecular weight is 560 g/mol. The molecule has 40 heavy (non-hydrogen) atoms. The predicted octanol–water partition coefficient (Wildman–Crippen LogP) is 4.77. The number of ether oxygens (including phenoxy) is 1. The van der Waals surface area contributed by atoms with Crippen molar-refractivity contribution in [2.24, 2.45) is 7.05 Å². The molecule has 0 saturated carbocycles. The van der Waals surface area contributed by atoms with E-state index < -0.39 is 10.0 Å². The Morgan fingerprint density at radius 2 is 1.70 bits per heavy atom. The highest BCUT2D eigenvalue weighted by Gasteiger charge is 2.49. The highest BCUT2D eigenvalue weighted by atomic mass is 32.2. The van der Waals surface area contributed by atoms with Gasteiger partial charge >= 0.3 is 0 Å². The summed E-state index contributed by atoms with van der Waals surface area (Å²) in [5.74, 6) is 0.792. The number of aromatic nitrogens is 1. The molecule has 3 heterocycles. The largest absolute Gasteiger partial charge is 0.497 e. The zero-order valence-electron chi connectivity index (χ0n) is 23.4. The molecule has 1 aromatic heterocycles. The lowest BCUT2D eigenvalue weighted by Gasteiger charge is -2.50. The molecule has 0 amide bonds. The highest BCUT2D eigenvalue weighted by molar-refractivity contribution is 7.89. The number of benzene rings is 3. The van der Waals surface area contributed by atoms with Crippen LogP contribution in [0.25, 0.3) is 10.9 Å². The van der Waals surface area contributed by atoms with Crippen molar-refractivity contribution >= 4 is 20.9 Å². The summed E-state index contributed by atoms with van der Waals surface area (Å²) in [6, 6.07) is 23.5. The maximum atomic E-state index is 13.6. The number of hydrogen-bond acceptors (Lipinski definition) is 5. The van der Waals surface area contributed by atoms with E-state index in [1.165, 1.54) is 11.1 Å². The fourth-order valence-corrected chi connectivity index (χ4v) is 8.31. The van der Waals surface area contributed by atoms with Gasteiger partial charge in [0, 0.05) is 55.8 Å². The minimum Gasteiger partial charge on any atom is -0.497 e. The van der Waals surface area contributed by atoms with Crippen LogP contribution >= 0.6 is 0 Å². The summed E-state index contributed by atoms with van der Waals surface area (Å²) in [4.78, 5) is 2.74. The van der Waals surface area contributed by atoms with Crippen molar-refractivity contribution in [1.29, 1.82) is 0 Å². The topological polar surface area (TPSA) is 75.0 Å². The number of hydrogen-bond donors (Lipinski definition) is 1. The van der Waals surface area contributed by atoms with Crippen molar-refractivity contribution in [3.63, 3.8) is 0 Å². The number of aliphatic hydroxyl groups excluding tert-OH is 1. The average Bonchev–Trinajstić information content (AvgIpc) is 3.26. The number of rotatable bonds is 6. The summed E-state index contributed by atoms with van der Waals surface area (Å²) in [7, 11) is 0.167. The first-order valence-corrected chi connectivity index (χ1v) is 15.3. The molecule has 0 radical (unpaired) electrons. The van der Waals surface area contributed by atoms with Gasteiger partial charge in [0.05, 0.1) is 30.2 Å². The van der Waals surface area contributed by atoms with E-state index in [4.69, 9.17) is 4.74 Å². The Labute approximate surface area is 236 Å². The molecule has 2 aliphatic rings. The third-order valence-electron chi connectivity index (χ3n) is 8.99. The number of methoxy groups -OCH3 is 1. The number of piperidine rings is 1. The van der Waals surface area contributed by atoms with Crippen molar-refractivity contribution in [3.8, 4) is 5.75 Å². The van der Waals surface area contributed by atoms with Gasteiger partial charge in [0.15, 0.2) is 0 Å². The number of aliphatic hydroxyl groups is 1. The van der Waals surface area contributed by atoms with E-state index in [2.05, 4.69) is 40.8 Å². The molecular formula is C32H37N3O4S. The molecule has 1 fully saturated rings. The van der Waals surface area contributed by atoms with Crippen LogP contribution in [0.1, 0.15) is 41.3 Å². The Balaban J connectivity index is 1.43. The molecule has 1 spiro atoms. The van der Waals surface area contributed by atoms with Crippen LogP contribution in [0.5, 0.6) is 5.75 Å². The van der Waals surface area contributed by atoms with Crippen molar-refractivity contribution in [2.75, 3.05) is 33.4 Å². The van der Waals surface area contributed by atoms with E-state index in [0.717, 1.165) is 34.5 Å². The van der Waals surface area contributed by atoms with Gasteiger partial charge in [-0.15, -0.1) is 0 Å². The quantitative estimate of drug-likeness (QED) is 0.369. The number of sulfonamides is 1. The summed E-state index contributed by atoms with van der Waals surface area (Å²) in [6.07, 6.45) is 1.42. The van der Waals surface area contributed by atoms with Crippen molar-refractivity contribution in [1.82, 2.24) is 13.8 Å². The van der Waals surface area contributed by atoms with E-state index in [1.807, 2.05) is 43.3 Å². The molecule has 0 unspecified atom stereocenters. The van der Waals surface area contributed by atoms with Gasteiger partial charge in [-0.05, 0) is 55.2 Å². The van der Waals surface area contributed by atoms with Crippen molar-refractivity contribution < 1.29 is 18.3 Å². The molecule has 1 atom stereocenters. The lowest BCUT2D eigenvalue weighted by Crippen LogP contribution is -2.54. The Bertz CT molecular complexity index is 1620. The molecule has 6 rings (SSSR count). The molecule has 3 aromatic carbocycles. The fraction of sp³-hybridized carbons (Fsp3) is 0.375. The van der Waals surface area contributed by atoms with Crippen LogP contribution in [0, 0.1) is 6.92 Å². The van der Waals surface area contributed by atoms with Gasteiger partial charge in [-0.25, -0.2) is 8.42 Å². The third-order valence-corrected chi connectivity index (χ3v) is 10.9. The maximum absolute atomic E-state index is 13.6. The molecule has 7 nitrogen and oxygen atoms in total. The molecule has 1 N–H and O–H groups in total. The summed E-state index contributed by atoms with van der Waals surface area (Å²) >= 11 is 0. The first kappa shape index (κ1) is 27.0. The van der Waals surface area contributed by atoms with Gasteiger partial charge in [0.2, 0.25) is 10.0 Å². The van der Waals surface area contributed by atoms with Gasteiger partial charge in [-0.2, -0.15) is 4.31 Å². The van der Waals surface area contributed by atoms with Crippen LogP contribution in [-0.2, 0) is 29.0 Å². The Morgan fingerprint density at radius 3 is 2.35 bits per heavy atom. The van der Waals surface area contributed by atoms with Crippen LogP contribution in [0.4, 0.5) is 0 Å². The van der Waals surface area contributed by atoms with Gasteiger partial charge in [0.25, 0.3) is 0 Å². The van der Waals surface area contributed by atoms with Gasteiger partial charge in [0.1, 0.15) is 5.75 Å². The monoisotopic (exact) mass is 559 g/mol. The summed E-state index contributed by atoms with van der Waals surface area (Å²) in [6.45, 7) is 4.33. The fourth-order valence-electron chi connectivity index (χ4n) is 6.87. The zero-order valence-corrected chi connectivity index (χ0v) is 24.2. The predicted molar refractivity (Wildman–Crippen MR) is 157 cm³/mol. The molecule has 0 bridgehead atoms. The molecule has 1 saturated heterocycles. The normalized spacial score (nSPS) is 19.6. The zero-order chi connectivity index (χ0) is 28.1. The third kappa shape index (κ3) is 4.43. The van der Waals surface area contributed by atoms with Gasteiger partial charge in [-0.3, -0.25) is 4.90 Å². The van der Waals surface area contributed by atoms with Crippen LogP contribution in [-0.4, -0.2) is 60.6 Å². The number of aryl methyl sites for hydroxylation is 2. The van der Waals surface area contributed by atoms with Crippen molar-refractivity contribution in [2.45, 2.75) is 42.7 Å². The second-order valence-corrected chi connectivity index (χ2v) is 13.2. The second-order valence-electron chi connectivity index (χ2n) is 11.3. The lowest BCUT2D eigenvalue weighted by molar-refractivity contribution is 0.0515. The van der Waals surface area contributed by atoms with Crippen LogP contribution in [0.2, 0.25) is 0 Å². The first-order valence-electron chi connectivity index (χ1n) is 13.9. The molecule has 0 aliphatic carbocycles. The Kier molecular flexibility index (Phi) is 6.99. The van der Waals surface area contributed by atoms with Gasteiger partial charge in [-0.1, -0.05) is 48.0 Å². The Hall–Kier alpha value is -3.17. The van der Waals surface area contributed by atoms with Crippen molar-refractivity contribution in [3.05, 3.63) is 95.2 Å². The number of nitrogens with zero attached hydrogens (tertiary/aromatic N) is 3. The first-order chi connectivity index (χ1) is 19.3. The standard InChI is InChI=1S/C32H37N3O4S/c1-23-9-12-26(13-10-23)40(37,38)35-17-15-32(16-18-35)22-34(20-24-7-5-4-6-8-24)29(21-36)31-30(32)27-14-11-25(39-3)19-28(27)33(31)2/h4-14,19,29,36H,15-18,20-22H2,1-3H3/t29-/m1/s1. The minimum absolute atomic E-state index is 0.00510. The SMILES string of the molecule is COc1ccc2c3c(n(C)c2c1)[C@@H](CO)N(Cc1ccccc1)CC31CCN(S(=O)(=O)c2ccc(C)cc2)CC1. The van der Waals surface area contributed by atoms with E-state index >= 15 is 0 Å². The van der Waals surface area contributed by atoms with E-state index in [-0.39, 0.29) is 18.1 Å². The maximum Gasteiger partial charge on any atom is 0.243 e. The van der Waals surface area contributed by atoms with Crippen LogP contribution < -0.4 is 4.74 Å². The summed E-state index contributed by atoms with van der Waals surface area (Å²) in [5.41, 5.74) is 5.42. The summed E-state index contributed by atoms with van der Waals surface area (Å²) < 4.78 is 36.6. The van der Waals surface area contributed by atoms with Gasteiger partial charge < -0.3 is 14.4 Å². The molecule has 2 aliphatic heterocycles. The molecule has 4 aromatic rings. The highest BCUT2D eigenvalue weighted by Crippen LogP contribution is 2.50. The van der Waals surface area contributed by atoms with Crippen LogP contribution in [0.15, 0.2) is 77.7 Å². The summed E-state index contributed by atoms with van der Waals surface area (Å²) in [5, 5.41) is 11.9. The minimum atomic E-state index is -3.58. The molecule has 210 valence electrons. The smallest absolute Gasteiger partial charge is 0.243 e. The van der Waals surface area contributed by atoms with Crippen LogP contribution in [0.3, 0.4) is 0 Å². The lowest BCUT2D eigenvalue weighted by atomic mass is 9.68. The molecule has 8 heteroatoms. The van der Waals surface area contributed by atoms with E-state index in [9.17, 15) is 13.5 Å². The number of fused-ring (bicyclic) bond motifs is 4. The second kappa shape index (κ2) is 10.3. The molecular weight excluding hydrogens is 522 g/mol. The van der Waals surface area contributed by atoms with E-state index in [1.54, 1.807) is 23.5 Å².